The second kappa shape index (κ2) is 11.1. The molecule has 0 amide bonds. The molecule has 3 aromatic rings. The summed E-state index contributed by atoms with van der Waals surface area (Å²) in [6.45, 7) is 4.05. The number of nitrogens with zero attached hydrogens (tertiary/aromatic N) is 3. The standard InChI is InChI=1S/C28H31ClN4O2S/c1-3-19-13-15-20(16-14-19)25-24(26(34)35-22-10-5-4-6-11-22)18(2)30-27-31-28(32-33(25)27)36-17-21-9-7-8-12-23(21)29/h7-9,12-16,22,25H,3-6,10-11,17H2,1-2H3,(H,30,31,32). The Morgan fingerprint density at radius 2 is 1.89 bits per heavy atom. The van der Waals surface area contributed by atoms with Gasteiger partial charge in [-0.05, 0) is 61.8 Å². The van der Waals surface area contributed by atoms with Crippen LogP contribution in [0.1, 0.15) is 68.7 Å². The summed E-state index contributed by atoms with van der Waals surface area (Å²) >= 11 is 7.86. The van der Waals surface area contributed by atoms with Gasteiger partial charge in [0.1, 0.15) is 12.1 Å². The lowest BCUT2D eigenvalue weighted by molar-refractivity contribution is -0.146. The number of ether oxygens (including phenoxy) is 1. The van der Waals surface area contributed by atoms with Crippen LogP contribution in [-0.2, 0) is 21.7 Å². The number of aryl methyl sites for hydroxylation is 1. The molecule has 1 unspecified atom stereocenters. The van der Waals surface area contributed by atoms with Crippen LogP contribution in [0.3, 0.4) is 0 Å². The molecular weight excluding hydrogens is 492 g/mol. The van der Waals surface area contributed by atoms with Gasteiger partial charge in [0.2, 0.25) is 11.1 Å². The molecule has 1 fully saturated rings. The van der Waals surface area contributed by atoms with Crippen molar-refractivity contribution in [1.29, 1.82) is 0 Å². The number of esters is 1. The predicted molar refractivity (Wildman–Crippen MR) is 144 cm³/mol. The number of rotatable bonds is 7. The van der Waals surface area contributed by atoms with Crippen LogP contribution < -0.4 is 5.32 Å². The largest absolute Gasteiger partial charge is 0.459 e. The number of benzene rings is 2. The number of anilines is 1. The second-order valence-electron chi connectivity index (χ2n) is 9.37. The highest BCUT2D eigenvalue weighted by Gasteiger charge is 2.36. The number of nitrogens with one attached hydrogen (secondary N) is 1. The summed E-state index contributed by atoms with van der Waals surface area (Å²) in [5, 5.41) is 9.50. The van der Waals surface area contributed by atoms with Crippen LogP contribution >= 0.6 is 23.4 Å². The minimum absolute atomic E-state index is 0.0199. The molecule has 1 saturated carbocycles. The van der Waals surface area contributed by atoms with E-state index in [0.717, 1.165) is 54.0 Å². The van der Waals surface area contributed by atoms with E-state index in [1.54, 1.807) is 0 Å². The summed E-state index contributed by atoms with van der Waals surface area (Å²) in [7, 11) is 0. The van der Waals surface area contributed by atoms with Gasteiger partial charge in [0.15, 0.2) is 0 Å². The van der Waals surface area contributed by atoms with E-state index in [-0.39, 0.29) is 12.1 Å². The summed E-state index contributed by atoms with van der Waals surface area (Å²) in [5.41, 5.74) is 4.60. The van der Waals surface area contributed by atoms with E-state index in [0.29, 0.717) is 22.4 Å². The molecule has 0 bridgehead atoms. The Morgan fingerprint density at radius 1 is 1.14 bits per heavy atom. The molecule has 5 rings (SSSR count). The lowest BCUT2D eigenvalue weighted by Gasteiger charge is -2.30. The SMILES string of the molecule is CCc1ccc(C2C(C(=O)OC3CCCCC3)=C(C)Nc3nc(SCc4ccccc4Cl)nn32)cc1. The minimum atomic E-state index is -0.412. The average molecular weight is 523 g/mol. The number of hydrogen-bond donors (Lipinski definition) is 1. The van der Waals surface area contributed by atoms with Crippen LogP contribution in [0.5, 0.6) is 0 Å². The number of fused-ring (bicyclic) bond motifs is 1. The summed E-state index contributed by atoms with van der Waals surface area (Å²) in [6, 6.07) is 15.8. The van der Waals surface area contributed by atoms with Crippen molar-refractivity contribution < 1.29 is 9.53 Å². The fourth-order valence-electron chi connectivity index (χ4n) is 4.86. The van der Waals surface area contributed by atoms with E-state index < -0.39 is 6.04 Å². The first-order chi connectivity index (χ1) is 17.5. The highest BCUT2D eigenvalue weighted by atomic mass is 35.5. The van der Waals surface area contributed by atoms with E-state index in [2.05, 4.69) is 36.5 Å². The van der Waals surface area contributed by atoms with Gasteiger partial charge in [0.25, 0.3) is 0 Å². The van der Waals surface area contributed by atoms with Gasteiger partial charge in [-0.2, -0.15) is 4.98 Å². The van der Waals surface area contributed by atoms with E-state index in [9.17, 15) is 4.79 Å². The molecule has 8 heteroatoms. The fraction of sp³-hybridized carbons (Fsp3) is 0.393. The average Bonchev–Trinajstić information content (AvgIpc) is 3.30. The summed E-state index contributed by atoms with van der Waals surface area (Å²) in [5.74, 6) is 0.998. The third-order valence-electron chi connectivity index (χ3n) is 6.90. The van der Waals surface area contributed by atoms with Crippen LogP contribution in [-0.4, -0.2) is 26.8 Å². The molecule has 1 N–H and O–H groups in total. The molecule has 1 aliphatic heterocycles. The van der Waals surface area contributed by atoms with Crippen molar-refractivity contribution in [2.24, 2.45) is 0 Å². The number of allylic oxidation sites excluding steroid dienone is 1. The number of aromatic nitrogens is 3. The Bertz CT molecular complexity index is 1260. The lowest BCUT2D eigenvalue weighted by atomic mass is 9.94. The van der Waals surface area contributed by atoms with Gasteiger partial charge < -0.3 is 10.1 Å². The molecule has 0 spiro atoms. The third-order valence-corrected chi connectivity index (χ3v) is 8.15. The zero-order chi connectivity index (χ0) is 25.1. The maximum atomic E-state index is 13.5. The van der Waals surface area contributed by atoms with Crippen LogP contribution in [0, 0.1) is 0 Å². The molecule has 36 heavy (non-hydrogen) atoms. The van der Waals surface area contributed by atoms with E-state index in [1.165, 1.54) is 23.7 Å². The smallest absolute Gasteiger partial charge is 0.338 e. The molecule has 2 heterocycles. The summed E-state index contributed by atoms with van der Waals surface area (Å²) < 4.78 is 7.84. The number of thioether (sulfide) groups is 1. The molecule has 0 radical (unpaired) electrons. The Kier molecular flexibility index (Phi) is 7.67. The molecule has 1 aliphatic carbocycles. The molecule has 2 aromatic carbocycles. The van der Waals surface area contributed by atoms with Crippen LogP contribution in [0.25, 0.3) is 0 Å². The quantitative estimate of drug-likeness (QED) is 0.267. The first-order valence-corrected chi connectivity index (χ1v) is 14.0. The van der Waals surface area contributed by atoms with E-state index in [4.69, 9.17) is 26.4 Å². The van der Waals surface area contributed by atoms with Gasteiger partial charge in [-0.1, -0.05) is 79.2 Å². The van der Waals surface area contributed by atoms with Crippen molar-refractivity contribution in [3.63, 3.8) is 0 Å². The zero-order valence-corrected chi connectivity index (χ0v) is 22.2. The van der Waals surface area contributed by atoms with E-state index in [1.807, 2.05) is 35.9 Å². The lowest BCUT2D eigenvalue weighted by Crippen LogP contribution is -2.32. The third kappa shape index (κ3) is 5.32. The molecule has 0 saturated heterocycles. The Balaban J connectivity index is 1.46. The Labute approximate surface area is 221 Å². The van der Waals surface area contributed by atoms with E-state index >= 15 is 0 Å². The topological polar surface area (TPSA) is 69.0 Å². The van der Waals surface area contributed by atoms with Gasteiger partial charge >= 0.3 is 5.97 Å². The fourth-order valence-corrected chi connectivity index (χ4v) is 5.97. The second-order valence-corrected chi connectivity index (χ2v) is 10.7. The van der Waals surface area contributed by atoms with Crippen LogP contribution in [0.15, 0.2) is 65.0 Å². The first-order valence-electron chi connectivity index (χ1n) is 12.6. The zero-order valence-electron chi connectivity index (χ0n) is 20.7. The molecular formula is C28H31ClN4O2S. The van der Waals surface area contributed by atoms with Crippen LogP contribution in [0.2, 0.25) is 5.02 Å². The maximum absolute atomic E-state index is 13.5. The van der Waals surface area contributed by atoms with Crippen molar-refractivity contribution in [2.75, 3.05) is 5.32 Å². The maximum Gasteiger partial charge on any atom is 0.338 e. The van der Waals surface area contributed by atoms with Gasteiger partial charge in [-0.15, -0.1) is 5.10 Å². The molecule has 188 valence electrons. The molecule has 1 aromatic heterocycles. The van der Waals surface area contributed by atoms with Gasteiger partial charge in [0, 0.05) is 16.5 Å². The summed E-state index contributed by atoms with van der Waals surface area (Å²) in [6.07, 6.45) is 6.21. The van der Waals surface area contributed by atoms with Gasteiger partial charge in [0.05, 0.1) is 5.57 Å². The predicted octanol–water partition coefficient (Wildman–Crippen LogP) is 6.95. The molecule has 2 aliphatic rings. The van der Waals surface area contributed by atoms with Crippen molar-refractivity contribution >= 4 is 35.3 Å². The molecule has 1 atom stereocenters. The molecule has 6 nitrogen and oxygen atoms in total. The van der Waals surface area contributed by atoms with Crippen molar-refractivity contribution in [3.8, 4) is 0 Å². The normalized spacial score (nSPS) is 18.0. The monoisotopic (exact) mass is 522 g/mol. The highest BCUT2D eigenvalue weighted by Crippen LogP contribution is 2.38. The summed E-state index contributed by atoms with van der Waals surface area (Å²) in [4.78, 5) is 18.3. The number of carbonyl (C=O) groups is 1. The van der Waals surface area contributed by atoms with Gasteiger partial charge in [-0.25, -0.2) is 9.48 Å². The first kappa shape index (κ1) is 24.9. The number of hydrogen-bond acceptors (Lipinski definition) is 6. The minimum Gasteiger partial charge on any atom is -0.459 e. The number of halogens is 1. The highest BCUT2D eigenvalue weighted by molar-refractivity contribution is 7.98. The number of carbonyl (C=O) groups excluding carboxylic acids is 1. The van der Waals surface area contributed by atoms with Crippen LogP contribution in [0.4, 0.5) is 5.95 Å². The van der Waals surface area contributed by atoms with Crippen molar-refractivity contribution in [3.05, 3.63) is 81.5 Å². The van der Waals surface area contributed by atoms with Crippen molar-refractivity contribution in [2.45, 2.75) is 75.4 Å². The van der Waals surface area contributed by atoms with Crippen molar-refractivity contribution in [1.82, 2.24) is 14.8 Å². The Morgan fingerprint density at radius 3 is 2.61 bits per heavy atom. The Hall–Kier alpha value is -2.77. The van der Waals surface area contributed by atoms with Gasteiger partial charge in [-0.3, -0.25) is 0 Å².